The summed E-state index contributed by atoms with van der Waals surface area (Å²) in [6.07, 6.45) is 3.93. The summed E-state index contributed by atoms with van der Waals surface area (Å²) in [6.45, 7) is 5.21. The lowest BCUT2D eigenvalue weighted by Crippen LogP contribution is -2.40. The number of aryl methyl sites for hydroxylation is 3. The van der Waals surface area contributed by atoms with E-state index in [2.05, 4.69) is 9.97 Å². The molecule has 4 nitrogen and oxygen atoms in total. The highest BCUT2D eigenvalue weighted by atomic mass is 19.1. The van der Waals surface area contributed by atoms with Gasteiger partial charge in [-0.2, -0.15) is 0 Å². The van der Waals surface area contributed by atoms with E-state index in [0.29, 0.717) is 17.4 Å². The second kappa shape index (κ2) is 7.72. The zero-order chi connectivity index (χ0) is 17.8. The number of benzene rings is 1. The highest BCUT2D eigenvalue weighted by Gasteiger charge is 2.25. The summed E-state index contributed by atoms with van der Waals surface area (Å²) in [7, 11) is 0. The van der Waals surface area contributed by atoms with Gasteiger partial charge in [-0.1, -0.05) is 12.1 Å². The Morgan fingerprint density at radius 2 is 2.12 bits per heavy atom. The lowest BCUT2D eigenvalue weighted by molar-refractivity contribution is 0.0662. The number of halogens is 1. The van der Waals surface area contributed by atoms with E-state index in [9.17, 15) is 9.18 Å². The highest BCUT2D eigenvalue weighted by molar-refractivity contribution is 5.92. The van der Waals surface area contributed by atoms with Gasteiger partial charge in [-0.05, 0) is 69.2 Å². The number of aromatic nitrogens is 2. The largest absolute Gasteiger partial charge is 0.337 e. The number of carbonyl (C=O) groups excluding carboxylic acids is 1. The minimum absolute atomic E-state index is 0.0101. The van der Waals surface area contributed by atoms with Gasteiger partial charge in [0.05, 0.1) is 0 Å². The lowest BCUT2D eigenvalue weighted by atomic mass is 9.91. The number of hydrogen-bond acceptors (Lipinski definition) is 3. The van der Waals surface area contributed by atoms with Crippen molar-refractivity contribution in [3.05, 3.63) is 58.9 Å². The average molecular weight is 341 g/mol. The Morgan fingerprint density at radius 1 is 1.28 bits per heavy atom. The molecule has 0 spiro atoms. The van der Waals surface area contributed by atoms with Gasteiger partial charge in [0.1, 0.15) is 17.3 Å². The lowest BCUT2D eigenvalue weighted by Gasteiger charge is -2.32. The van der Waals surface area contributed by atoms with Gasteiger partial charge in [-0.25, -0.2) is 14.4 Å². The summed E-state index contributed by atoms with van der Waals surface area (Å²) in [4.78, 5) is 23.2. The third kappa shape index (κ3) is 4.62. The summed E-state index contributed by atoms with van der Waals surface area (Å²) in [5.74, 6) is 0.879. The van der Waals surface area contributed by atoms with Crippen LogP contribution in [0.4, 0.5) is 4.39 Å². The number of amides is 1. The van der Waals surface area contributed by atoms with Gasteiger partial charge in [0.2, 0.25) is 0 Å². The zero-order valence-electron chi connectivity index (χ0n) is 14.8. The molecule has 2 heterocycles. The molecule has 1 aromatic carbocycles. The molecule has 1 saturated heterocycles. The van der Waals surface area contributed by atoms with Crippen LogP contribution in [-0.2, 0) is 6.42 Å². The van der Waals surface area contributed by atoms with Gasteiger partial charge in [0.15, 0.2) is 0 Å². The summed E-state index contributed by atoms with van der Waals surface area (Å²) >= 11 is 0. The van der Waals surface area contributed by atoms with E-state index < -0.39 is 0 Å². The molecular formula is C20H24FN3O. The second-order valence-electron chi connectivity index (χ2n) is 6.87. The number of carbonyl (C=O) groups is 1. The number of nitrogens with zero attached hydrogens (tertiary/aromatic N) is 3. The topological polar surface area (TPSA) is 46.1 Å². The molecule has 0 aliphatic carbocycles. The summed E-state index contributed by atoms with van der Waals surface area (Å²) < 4.78 is 13.3. The molecule has 0 saturated carbocycles. The Labute approximate surface area is 148 Å². The van der Waals surface area contributed by atoms with E-state index in [0.717, 1.165) is 50.0 Å². The first-order valence-electron chi connectivity index (χ1n) is 8.87. The van der Waals surface area contributed by atoms with Crippen LogP contribution in [0.1, 0.15) is 46.8 Å². The molecule has 0 bridgehead atoms. The van der Waals surface area contributed by atoms with Crippen molar-refractivity contribution < 1.29 is 9.18 Å². The van der Waals surface area contributed by atoms with Crippen LogP contribution in [0.2, 0.25) is 0 Å². The molecule has 2 aromatic rings. The quantitative estimate of drug-likeness (QED) is 0.851. The summed E-state index contributed by atoms with van der Waals surface area (Å²) in [5.41, 5.74) is 2.32. The molecule has 3 rings (SSSR count). The third-order valence-electron chi connectivity index (χ3n) is 4.72. The van der Waals surface area contributed by atoms with E-state index in [1.54, 1.807) is 18.2 Å². The molecule has 5 heteroatoms. The minimum atomic E-state index is -0.188. The van der Waals surface area contributed by atoms with Crippen LogP contribution >= 0.6 is 0 Å². The maximum atomic E-state index is 13.3. The fraction of sp³-hybridized carbons (Fsp3) is 0.450. The van der Waals surface area contributed by atoms with Crippen LogP contribution in [0.25, 0.3) is 0 Å². The Balaban J connectivity index is 1.61. The minimum Gasteiger partial charge on any atom is -0.337 e. The van der Waals surface area contributed by atoms with Gasteiger partial charge in [0, 0.05) is 18.8 Å². The maximum absolute atomic E-state index is 13.3. The van der Waals surface area contributed by atoms with Gasteiger partial charge in [0.25, 0.3) is 5.91 Å². The normalized spacial score (nSPS) is 17.6. The maximum Gasteiger partial charge on any atom is 0.272 e. The van der Waals surface area contributed by atoms with Crippen LogP contribution in [0.5, 0.6) is 0 Å². The van der Waals surface area contributed by atoms with Crippen LogP contribution in [0.15, 0.2) is 30.3 Å². The number of rotatable bonds is 4. The average Bonchev–Trinajstić information content (AvgIpc) is 2.59. The molecule has 0 radical (unpaired) electrons. The van der Waals surface area contributed by atoms with Crippen molar-refractivity contribution in [2.24, 2.45) is 5.92 Å². The monoisotopic (exact) mass is 341 g/mol. The molecule has 1 aliphatic rings. The van der Waals surface area contributed by atoms with Crippen molar-refractivity contribution in [2.45, 2.75) is 39.5 Å². The Bertz CT molecular complexity index is 742. The first-order chi connectivity index (χ1) is 12.0. The number of piperidine rings is 1. The van der Waals surface area contributed by atoms with Gasteiger partial charge >= 0.3 is 0 Å². The number of likely N-dealkylation sites (tertiary alicyclic amines) is 1. The van der Waals surface area contributed by atoms with Crippen LogP contribution in [0.3, 0.4) is 0 Å². The molecule has 132 valence electrons. The number of hydrogen-bond donors (Lipinski definition) is 0. The van der Waals surface area contributed by atoms with Crippen molar-refractivity contribution in [3.8, 4) is 0 Å². The molecule has 1 unspecified atom stereocenters. The molecule has 1 aliphatic heterocycles. The zero-order valence-corrected chi connectivity index (χ0v) is 14.8. The fourth-order valence-corrected chi connectivity index (χ4v) is 3.54. The predicted molar refractivity (Wildman–Crippen MR) is 94.9 cm³/mol. The van der Waals surface area contributed by atoms with Crippen LogP contribution in [0, 0.1) is 25.6 Å². The molecule has 1 fully saturated rings. The Morgan fingerprint density at radius 3 is 2.88 bits per heavy atom. The molecular weight excluding hydrogens is 317 g/mol. The van der Waals surface area contributed by atoms with Gasteiger partial charge in [-0.15, -0.1) is 0 Å². The van der Waals surface area contributed by atoms with E-state index in [1.807, 2.05) is 24.8 Å². The Kier molecular flexibility index (Phi) is 5.41. The van der Waals surface area contributed by atoms with E-state index in [1.165, 1.54) is 6.07 Å². The Hall–Kier alpha value is -2.30. The van der Waals surface area contributed by atoms with Crippen molar-refractivity contribution in [1.29, 1.82) is 0 Å². The van der Waals surface area contributed by atoms with Crippen LogP contribution in [-0.4, -0.2) is 33.9 Å². The smallest absolute Gasteiger partial charge is 0.272 e. The molecule has 1 atom stereocenters. The molecule has 1 amide bonds. The van der Waals surface area contributed by atoms with E-state index in [-0.39, 0.29) is 11.7 Å². The first-order valence-corrected chi connectivity index (χ1v) is 8.87. The molecule has 0 N–H and O–H groups in total. The van der Waals surface area contributed by atoms with Crippen molar-refractivity contribution >= 4 is 5.91 Å². The fourth-order valence-electron chi connectivity index (χ4n) is 3.54. The van der Waals surface area contributed by atoms with Gasteiger partial charge < -0.3 is 4.90 Å². The third-order valence-corrected chi connectivity index (χ3v) is 4.72. The van der Waals surface area contributed by atoms with E-state index >= 15 is 0 Å². The highest BCUT2D eigenvalue weighted by Crippen LogP contribution is 2.23. The van der Waals surface area contributed by atoms with Crippen LogP contribution < -0.4 is 0 Å². The predicted octanol–water partition coefficient (Wildman–Crippen LogP) is 3.72. The van der Waals surface area contributed by atoms with Crippen molar-refractivity contribution in [2.75, 3.05) is 13.1 Å². The van der Waals surface area contributed by atoms with Crippen molar-refractivity contribution in [3.63, 3.8) is 0 Å². The van der Waals surface area contributed by atoms with E-state index in [4.69, 9.17) is 0 Å². The SMILES string of the molecule is Cc1cc(C(=O)N2CCCC(CCc3cccc(F)c3)C2)nc(C)n1. The summed E-state index contributed by atoms with van der Waals surface area (Å²) in [5, 5.41) is 0. The first kappa shape index (κ1) is 17.5. The van der Waals surface area contributed by atoms with Crippen molar-refractivity contribution in [1.82, 2.24) is 14.9 Å². The molecule has 1 aromatic heterocycles. The van der Waals surface area contributed by atoms with Gasteiger partial charge in [-0.3, -0.25) is 4.79 Å². The molecule has 25 heavy (non-hydrogen) atoms. The summed E-state index contributed by atoms with van der Waals surface area (Å²) in [6, 6.07) is 8.53. The second-order valence-corrected chi connectivity index (χ2v) is 6.87. The standard InChI is InChI=1S/C20H24FN3O/c1-14-11-19(23-15(2)22-14)20(25)24-10-4-6-17(13-24)9-8-16-5-3-7-18(21)12-16/h3,5,7,11-12,17H,4,6,8-10,13H2,1-2H3.